The first-order valence-corrected chi connectivity index (χ1v) is 7.14. The van der Waals surface area contributed by atoms with Crippen LogP contribution in [0.4, 0.5) is 0 Å². The second-order valence-electron chi connectivity index (χ2n) is 5.34. The fourth-order valence-corrected chi connectivity index (χ4v) is 2.14. The molecule has 0 spiro atoms. The first-order chi connectivity index (χ1) is 10.1. The van der Waals surface area contributed by atoms with Gasteiger partial charge in [-0.05, 0) is 61.2 Å². The summed E-state index contributed by atoms with van der Waals surface area (Å²) >= 11 is 0. The molecule has 0 aromatic heterocycles. The zero-order valence-electron chi connectivity index (χ0n) is 12.8. The molecule has 0 amide bonds. The molecule has 0 bridgehead atoms. The maximum atomic E-state index is 9.67. The third-order valence-electron chi connectivity index (χ3n) is 3.32. The third-order valence-corrected chi connectivity index (χ3v) is 3.32. The zero-order chi connectivity index (χ0) is 15.2. The Balaban J connectivity index is 2.17. The first-order valence-electron chi connectivity index (χ1n) is 7.14. The number of benzene rings is 2. The molecule has 0 atom stereocenters. The van der Waals surface area contributed by atoms with Gasteiger partial charge in [-0.1, -0.05) is 18.2 Å². The van der Waals surface area contributed by atoms with E-state index in [-0.39, 0.29) is 11.9 Å². The van der Waals surface area contributed by atoms with E-state index < -0.39 is 0 Å². The van der Waals surface area contributed by atoms with Crippen molar-refractivity contribution in [1.82, 2.24) is 0 Å². The highest BCUT2D eigenvalue weighted by Gasteiger charge is 2.07. The van der Waals surface area contributed by atoms with E-state index in [0.29, 0.717) is 6.61 Å². The van der Waals surface area contributed by atoms with Crippen LogP contribution in [0.5, 0.6) is 11.5 Å². The van der Waals surface area contributed by atoms with Gasteiger partial charge in [-0.2, -0.15) is 0 Å². The number of hydrogen-bond donors (Lipinski definition) is 1. The first kappa shape index (κ1) is 15.4. The van der Waals surface area contributed by atoms with Gasteiger partial charge in [0.15, 0.2) is 0 Å². The van der Waals surface area contributed by atoms with Crippen molar-refractivity contribution in [2.24, 2.45) is 0 Å². The van der Waals surface area contributed by atoms with Crippen LogP contribution in [-0.2, 0) is 17.8 Å². The van der Waals surface area contributed by atoms with E-state index in [1.807, 2.05) is 32.0 Å². The molecule has 0 fully saturated rings. The average molecular weight is 286 g/mol. The number of ether oxygens (including phenoxy) is 2. The van der Waals surface area contributed by atoms with Gasteiger partial charge in [-0.15, -0.1) is 0 Å². The topological polar surface area (TPSA) is 38.7 Å². The van der Waals surface area contributed by atoms with Gasteiger partial charge >= 0.3 is 0 Å². The molecule has 0 unspecified atom stereocenters. The quantitative estimate of drug-likeness (QED) is 0.875. The molecule has 1 N–H and O–H groups in total. The van der Waals surface area contributed by atoms with Gasteiger partial charge in [0.05, 0.1) is 19.8 Å². The third kappa shape index (κ3) is 4.50. The van der Waals surface area contributed by atoms with E-state index >= 15 is 0 Å². The summed E-state index contributed by atoms with van der Waals surface area (Å²) in [6.45, 7) is 4.52. The normalized spacial score (nSPS) is 10.9. The number of phenolic OH excluding ortho intramolecular Hbond substituents is 1. The maximum Gasteiger partial charge on any atom is 0.118 e. The Bertz CT molecular complexity index is 574. The summed E-state index contributed by atoms with van der Waals surface area (Å²) in [5.74, 6) is 1.13. The Morgan fingerprint density at radius 3 is 2.33 bits per heavy atom. The standard InChI is InChI=1S/C18H22O3/c1-13(2)21-12-16-11-17(19)7-6-15(16)10-14-4-8-18(20-3)9-5-14/h4-9,11,13,19H,10,12H2,1-3H3. The second kappa shape index (κ2) is 7.14. The van der Waals surface area contributed by atoms with Crippen molar-refractivity contribution in [1.29, 1.82) is 0 Å². The van der Waals surface area contributed by atoms with E-state index in [1.165, 1.54) is 11.1 Å². The van der Waals surface area contributed by atoms with Crippen molar-refractivity contribution in [2.75, 3.05) is 7.11 Å². The Hall–Kier alpha value is -2.00. The molecular formula is C18H22O3. The summed E-state index contributed by atoms with van der Waals surface area (Å²) in [6.07, 6.45) is 0.974. The largest absolute Gasteiger partial charge is 0.508 e. The van der Waals surface area contributed by atoms with Crippen LogP contribution in [-0.4, -0.2) is 18.3 Å². The van der Waals surface area contributed by atoms with Crippen LogP contribution in [0.2, 0.25) is 0 Å². The summed E-state index contributed by atoms with van der Waals surface area (Å²) in [7, 11) is 1.66. The molecule has 0 aliphatic rings. The highest BCUT2D eigenvalue weighted by molar-refractivity contribution is 5.38. The van der Waals surface area contributed by atoms with Gasteiger partial charge in [0.2, 0.25) is 0 Å². The SMILES string of the molecule is COc1ccc(Cc2ccc(O)cc2COC(C)C)cc1. The molecule has 112 valence electrons. The van der Waals surface area contributed by atoms with E-state index in [1.54, 1.807) is 19.2 Å². The number of phenols is 1. The smallest absolute Gasteiger partial charge is 0.118 e. The number of aromatic hydroxyl groups is 1. The lowest BCUT2D eigenvalue weighted by Crippen LogP contribution is -2.05. The van der Waals surface area contributed by atoms with Crippen molar-refractivity contribution < 1.29 is 14.6 Å². The summed E-state index contributed by atoms with van der Waals surface area (Å²) in [5, 5.41) is 9.67. The summed E-state index contributed by atoms with van der Waals surface area (Å²) in [6, 6.07) is 13.5. The Kier molecular flexibility index (Phi) is 5.23. The monoisotopic (exact) mass is 286 g/mol. The lowest BCUT2D eigenvalue weighted by atomic mass is 9.99. The van der Waals surface area contributed by atoms with Crippen LogP contribution >= 0.6 is 0 Å². The van der Waals surface area contributed by atoms with E-state index in [4.69, 9.17) is 9.47 Å². The molecule has 2 aromatic carbocycles. The van der Waals surface area contributed by atoms with Crippen LogP contribution in [0.3, 0.4) is 0 Å². The lowest BCUT2D eigenvalue weighted by Gasteiger charge is -2.13. The Morgan fingerprint density at radius 1 is 1.00 bits per heavy atom. The van der Waals surface area contributed by atoms with Gasteiger partial charge in [0.1, 0.15) is 11.5 Å². The predicted octanol–water partition coefficient (Wildman–Crippen LogP) is 3.92. The van der Waals surface area contributed by atoms with Crippen molar-refractivity contribution in [3.05, 3.63) is 59.2 Å². The second-order valence-corrected chi connectivity index (χ2v) is 5.34. The van der Waals surface area contributed by atoms with Crippen LogP contribution in [0.15, 0.2) is 42.5 Å². The van der Waals surface area contributed by atoms with Crippen LogP contribution in [0.1, 0.15) is 30.5 Å². The molecular weight excluding hydrogens is 264 g/mol. The van der Waals surface area contributed by atoms with Crippen molar-refractivity contribution in [3.63, 3.8) is 0 Å². The van der Waals surface area contributed by atoms with Crippen molar-refractivity contribution >= 4 is 0 Å². The van der Waals surface area contributed by atoms with E-state index in [0.717, 1.165) is 17.7 Å². The molecule has 0 saturated carbocycles. The molecule has 0 aliphatic heterocycles. The molecule has 0 heterocycles. The molecule has 21 heavy (non-hydrogen) atoms. The molecule has 3 heteroatoms. The minimum atomic E-state index is 0.168. The van der Waals surface area contributed by atoms with Crippen LogP contribution < -0.4 is 4.74 Å². The van der Waals surface area contributed by atoms with E-state index in [9.17, 15) is 5.11 Å². The molecule has 0 saturated heterocycles. The van der Waals surface area contributed by atoms with Crippen LogP contribution in [0, 0.1) is 0 Å². The minimum Gasteiger partial charge on any atom is -0.508 e. The zero-order valence-corrected chi connectivity index (χ0v) is 12.8. The summed E-state index contributed by atoms with van der Waals surface area (Å²) < 4.78 is 10.8. The highest BCUT2D eigenvalue weighted by atomic mass is 16.5. The fourth-order valence-electron chi connectivity index (χ4n) is 2.14. The van der Waals surface area contributed by atoms with Gasteiger partial charge in [0, 0.05) is 0 Å². The van der Waals surface area contributed by atoms with Crippen LogP contribution in [0.25, 0.3) is 0 Å². The highest BCUT2D eigenvalue weighted by Crippen LogP contribution is 2.22. The van der Waals surface area contributed by atoms with Gasteiger partial charge in [0.25, 0.3) is 0 Å². The van der Waals surface area contributed by atoms with Crippen molar-refractivity contribution in [2.45, 2.75) is 33.0 Å². The fraction of sp³-hybridized carbons (Fsp3) is 0.333. The summed E-state index contributed by atoms with van der Waals surface area (Å²) in [4.78, 5) is 0. The minimum absolute atomic E-state index is 0.168. The van der Waals surface area contributed by atoms with Gasteiger partial charge < -0.3 is 14.6 Å². The lowest BCUT2D eigenvalue weighted by molar-refractivity contribution is 0.0652. The average Bonchev–Trinajstić information content (AvgIpc) is 2.48. The molecule has 0 aliphatic carbocycles. The summed E-state index contributed by atoms with van der Waals surface area (Å²) in [5.41, 5.74) is 3.39. The number of methoxy groups -OCH3 is 1. The number of hydrogen-bond acceptors (Lipinski definition) is 3. The van der Waals surface area contributed by atoms with Crippen molar-refractivity contribution in [3.8, 4) is 11.5 Å². The molecule has 3 nitrogen and oxygen atoms in total. The molecule has 0 radical (unpaired) electrons. The number of rotatable bonds is 6. The maximum absolute atomic E-state index is 9.67. The Morgan fingerprint density at radius 2 is 1.71 bits per heavy atom. The van der Waals surface area contributed by atoms with Gasteiger partial charge in [-0.25, -0.2) is 0 Å². The predicted molar refractivity (Wildman–Crippen MR) is 83.8 cm³/mol. The molecule has 2 aromatic rings. The molecule has 2 rings (SSSR count). The van der Waals surface area contributed by atoms with Gasteiger partial charge in [-0.3, -0.25) is 0 Å². The van der Waals surface area contributed by atoms with E-state index in [2.05, 4.69) is 12.1 Å². The Labute approximate surface area is 126 Å².